The minimum Gasteiger partial charge on any atom is -0.497 e. The molecule has 2 N–H and O–H groups in total. The molecule has 0 radical (unpaired) electrons. The van der Waals surface area contributed by atoms with Crippen molar-refractivity contribution in [1.29, 1.82) is 0 Å². The summed E-state index contributed by atoms with van der Waals surface area (Å²) in [6.07, 6.45) is 0. The number of ether oxygens (including phenoxy) is 1. The van der Waals surface area contributed by atoms with Gasteiger partial charge in [-0.1, -0.05) is 0 Å². The van der Waals surface area contributed by atoms with E-state index in [1.54, 1.807) is 17.9 Å². The Morgan fingerprint density at radius 3 is 2.61 bits per heavy atom. The first-order valence-corrected chi connectivity index (χ1v) is 5.66. The zero-order valence-electron chi connectivity index (χ0n) is 11.0. The summed E-state index contributed by atoms with van der Waals surface area (Å²) in [7, 11) is 1.61. The Balaban J connectivity index is 2.59. The van der Waals surface area contributed by atoms with Gasteiger partial charge in [0.15, 0.2) is 5.82 Å². The summed E-state index contributed by atoms with van der Waals surface area (Å²) < 4.78 is 6.95. The largest absolute Gasteiger partial charge is 0.497 e. The molecule has 6 heteroatoms. The Bertz CT molecular complexity index is 556. The Labute approximate surface area is 106 Å². The van der Waals surface area contributed by atoms with Gasteiger partial charge in [0.1, 0.15) is 5.75 Å². The summed E-state index contributed by atoms with van der Waals surface area (Å²) >= 11 is 0. The lowest BCUT2D eigenvalue weighted by molar-refractivity contribution is 0.351. The number of methoxy groups -OCH3 is 1. The Hall–Kier alpha value is -2.11. The van der Waals surface area contributed by atoms with Gasteiger partial charge in [0, 0.05) is 11.3 Å². The number of nitrogens with zero attached hydrogens (tertiary/aromatic N) is 4. The van der Waals surface area contributed by atoms with Crippen molar-refractivity contribution in [3.63, 3.8) is 0 Å². The lowest BCUT2D eigenvalue weighted by Gasteiger charge is -2.20. The minimum absolute atomic E-state index is 0.214. The van der Waals surface area contributed by atoms with Crippen LogP contribution in [0.25, 0.3) is 11.4 Å². The van der Waals surface area contributed by atoms with Gasteiger partial charge in [-0.05, 0) is 49.4 Å². The molecular weight excluding hydrogens is 230 g/mol. The van der Waals surface area contributed by atoms with Gasteiger partial charge in [0.25, 0.3) is 0 Å². The predicted molar refractivity (Wildman–Crippen MR) is 69.2 cm³/mol. The molecule has 0 amide bonds. The van der Waals surface area contributed by atoms with E-state index in [9.17, 15) is 0 Å². The van der Waals surface area contributed by atoms with Crippen molar-refractivity contribution in [3.8, 4) is 17.1 Å². The van der Waals surface area contributed by atoms with Crippen molar-refractivity contribution in [2.45, 2.75) is 26.3 Å². The van der Waals surface area contributed by atoms with Crippen molar-refractivity contribution in [3.05, 3.63) is 18.2 Å². The SMILES string of the molecule is COc1ccc(N)c(-c2nnnn2C(C)(C)C)c1. The standard InChI is InChI=1S/C12H17N5O/c1-12(2,3)17-11(14-15-16-17)9-7-8(18-4)5-6-10(9)13/h5-7H,13H2,1-4H3. The van der Waals surface area contributed by atoms with E-state index >= 15 is 0 Å². The number of hydrogen-bond donors (Lipinski definition) is 1. The summed E-state index contributed by atoms with van der Waals surface area (Å²) in [5.41, 5.74) is 7.16. The normalized spacial score (nSPS) is 11.6. The van der Waals surface area contributed by atoms with Crippen LogP contribution in [0.1, 0.15) is 20.8 Å². The molecule has 0 spiro atoms. The van der Waals surface area contributed by atoms with Crippen molar-refractivity contribution in [2.24, 2.45) is 0 Å². The maximum atomic E-state index is 5.98. The zero-order valence-corrected chi connectivity index (χ0v) is 11.0. The molecule has 96 valence electrons. The van der Waals surface area contributed by atoms with E-state index in [2.05, 4.69) is 15.5 Å². The van der Waals surface area contributed by atoms with Crippen LogP contribution in [0.4, 0.5) is 5.69 Å². The Morgan fingerprint density at radius 1 is 1.28 bits per heavy atom. The lowest BCUT2D eigenvalue weighted by atomic mass is 10.1. The maximum absolute atomic E-state index is 5.98. The number of nitrogen functional groups attached to an aromatic ring is 1. The Morgan fingerprint density at radius 2 is 2.00 bits per heavy atom. The number of tetrazole rings is 1. The van der Waals surface area contributed by atoms with E-state index in [0.717, 1.165) is 11.3 Å². The van der Waals surface area contributed by atoms with Crippen LogP contribution in [-0.2, 0) is 5.54 Å². The summed E-state index contributed by atoms with van der Waals surface area (Å²) in [6.45, 7) is 6.09. The van der Waals surface area contributed by atoms with E-state index < -0.39 is 0 Å². The molecule has 2 rings (SSSR count). The molecular formula is C12H17N5O. The molecule has 0 aliphatic rings. The van der Waals surface area contributed by atoms with Crippen LogP contribution in [-0.4, -0.2) is 27.3 Å². The number of anilines is 1. The second-order valence-corrected chi connectivity index (χ2v) is 5.04. The second-order valence-electron chi connectivity index (χ2n) is 5.04. The number of nitrogens with two attached hydrogens (primary N) is 1. The van der Waals surface area contributed by atoms with Crippen LogP contribution >= 0.6 is 0 Å². The second kappa shape index (κ2) is 4.29. The fourth-order valence-corrected chi connectivity index (χ4v) is 1.66. The van der Waals surface area contributed by atoms with Crippen molar-refractivity contribution in [2.75, 3.05) is 12.8 Å². The fourth-order valence-electron chi connectivity index (χ4n) is 1.66. The van der Waals surface area contributed by atoms with E-state index in [1.807, 2.05) is 32.9 Å². The molecule has 2 aromatic rings. The molecule has 1 aromatic heterocycles. The first-order valence-electron chi connectivity index (χ1n) is 5.66. The topological polar surface area (TPSA) is 78.8 Å². The van der Waals surface area contributed by atoms with E-state index in [4.69, 9.17) is 10.5 Å². The van der Waals surface area contributed by atoms with Gasteiger partial charge < -0.3 is 10.5 Å². The van der Waals surface area contributed by atoms with Crippen molar-refractivity contribution >= 4 is 5.69 Å². The molecule has 0 aliphatic heterocycles. The maximum Gasteiger partial charge on any atom is 0.184 e. The van der Waals surface area contributed by atoms with Crippen LogP contribution < -0.4 is 10.5 Å². The smallest absolute Gasteiger partial charge is 0.184 e. The van der Waals surface area contributed by atoms with Gasteiger partial charge >= 0.3 is 0 Å². The fraction of sp³-hybridized carbons (Fsp3) is 0.417. The third-order valence-corrected chi connectivity index (χ3v) is 2.61. The highest BCUT2D eigenvalue weighted by molar-refractivity contribution is 5.73. The summed E-state index contributed by atoms with van der Waals surface area (Å²) in [5, 5.41) is 11.8. The van der Waals surface area contributed by atoms with Crippen LogP contribution in [0.15, 0.2) is 18.2 Å². The molecule has 0 atom stereocenters. The monoisotopic (exact) mass is 247 g/mol. The quantitative estimate of drug-likeness (QED) is 0.817. The first kappa shape index (κ1) is 12.3. The van der Waals surface area contributed by atoms with Gasteiger partial charge in [-0.25, -0.2) is 4.68 Å². The highest BCUT2D eigenvalue weighted by Crippen LogP contribution is 2.30. The summed E-state index contributed by atoms with van der Waals surface area (Å²) in [4.78, 5) is 0. The van der Waals surface area contributed by atoms with Crippen LogP contribution in [0.2, 0.25) is 0 Å². The average Bonchev–Trinajstić information content (AvgIpc) is 2.78. The highest BCUT2D eigenvalue weighted by atomic mass is 16.5. The highest BCUT2D eigenvalue weighted by Gasteiger charge is 2.22. The lowest BCUT2D eigenvalue weighted by Crippen LogP contribution is -2.24. The van der Waals surface area contributed by atoms with Crippen molar-refractivity contribution in [1.82, 2.24) is 20.2 Å². The predicted octanol–water partition coefficient (Wildman–Crippen LogP) is 1.69. The molecule has 18 heavy (non-hydrogen) atoms. The molecule has 0 fully saturated rings. The van der Waals surface area contributed by atoms with Crippen molar-refractivity contribution < 1.29 is 4.74 Å². The van der Waals surface area contributed by atoms with Gasteiger partial charge in [0.2, 0.25) is 0 Å². The number of rotatable bonds is 2. The van der Waals surface area contributed by atoms with E-state index in [0.29, 0.717) is 11.5 Å². The number of hydrogen-bond acceptors (Lipinski definition) is 5. The zero-order chi connectivity index (χ0) is 13.3. The van der Waals surface area contributed by atoms with Gasteiger partial charge in [-0.15, -0.1) is 5.10 Å². The van der Waals surface area contributed by atoms with E-state index in [-0.39, 0.29) is 5.54 Å². The molecule has 0 saturated carbocycles. The molecule has 0 saturated heterocycles. The molecule has 1 aromatic carbocycles. The number of aromatic nitrogens is 4. The molecule has 6 nitrogen and oxygen atoms in total. The molecule has 0 unspecified atom stereocenters. The van der Waals surface area contributed by atoms with Gasteiger partial charge in [-0.3, -0.25) is 0 Å². The molecule has 1 heterocycles. The Kier molecular flexibility index (Phi) is 2.94. The van der Waals surface area contributed by atoms with Crippen LogP contribution in [0.3, 0.4) is 0 Å². The minimum atomic E-state index is -0.214. The average molecular weight is 247 g/mol. The summed E-state index contributed by atoms with van der Waals surface area (Å²) in [5.74, 6) is 1.36. The third-order valence-electron chi connectivity index (χ3n) is 2.61. The van der Waals surface area contributed by atoms with Crippen LogP contribution in [0, 0.1) is 0 Å². The van der Waals surface area contributed by atoms with Gasteiger partial charge in [0.05, 0.1) is 12.6 Å². The molecule has 0 bridgehead atoms. The third kappa shape index (κ3) is 2.13. The summed E-state index contributed by atoms with van der Waals surface area (Å²) in [6, 6.07) is 5.43. The molecule has 0 aliphatic carbocycles. The van der Waals surface area contributed by atoms with Gasteiger partial charge in [-0.2, -0.15) is 0 Å². The van der Waals surface area contributed by atoms with Crippen LogP contribution in [0.5, 0.6) is 5.75 Å². The first-order chi connectivity index (χ1) is 8.43. The van der Waals surface area contributed by atoms with E-state index in [1.165, 1.54) is 0 Å². The number of benzene rings is 1.